The van der Waals surface area contributed by atoms with Crippen LogP contribution in [-0.4, -0.2) is 29.0 Å². The van der Waals surface area contributed by atoms with Crippen LogP contribution in [0.5, 0.6) is 0 Å². The first-order chi connectivity index (χ1) is 14.9. The van der Waals surface area contributed by atoms with E-state index in [9.17, 15) is 4.39 Å². The van der Waals surface area contributed by atoms with E-state index in [-0.39, 0.29) is 5.82 Å². The molecule has 2 aliphatic rings. The molecule has 1 aliphatic carbocycles. The standard InChI is InChI=1S/C26H29ClFN3/c1-4-21-12-17(3)26(27)25(30-21)15-29-22-11-16(2)5-10-23-19(13-22)14-24(31-23)18-6-8-20(28)9-7-18/h6-9,11,14,21,31H,4-5,10,12-13,15H2,1-3H3. The molecule has 0 saturated carbocycles. The summed E-state index contributed by atoms with van der Waals surface area (Å²) in [6.07, 6.45) is 6.86. The Bertz CT molecular complexity index is 1090. The van der Waals surface area contributed by atoms with E-state index >= 15 is 0 Å². The van der Waals surface area contributed by atoms with Gasteiger partial charge in [0.25, 0.3) is 0 Å². The number of aliphatic imine (C=N–C) groups is 2. The number of aromatic nitrogens is 1. The number of nitrogens with zero attached hydrogens (tertiary/aromatic N) is 2. The van der Waals surface area contributed by atoms with Crippen molar-refractivity contribution >= 4 is 23.0 Å². The molecule has 0 radical (unpaired) electrons. The molecule has 0 amide bonds. The predicted octanol–water partition coefficient (Wildman–Crippen LogP) is 6.83. The van der Waals surface area contributed by atoms with Gasteiger partial charge in [0.05, 0.1) is 23.3 Å². The van der Waals surface area contributed by atoms with Crippen LogP contribution in [0.15, 0.2) is 62.6 Å². The number of aromatic amines is 1. The summed E-state index contributed by atoms with van der Waals surface area (Å²) in [5.41, 5.74) is 8.97. The van der Waals surface area contributed by atoms with Gasteiger partial charge in [-0.25, -0.2) is 4.39 Å². The molecular weight excluding hydrogens is 409 g/mol. The minimum atomic E-state index is -0.221. The summed E-state index contributed by atoms with van der Waals surface area (Å²) in [5.74, 6) is -0.221. The lowest BCUT2D eigenvalue weighted by atomic mass is 9.97. The Kier molecular flexibility index (Phi) is 6.57. The zero-order valence-electron chi connectivity index (χ0n) is 18.4. The molecular formula is C26H29ClFN3. The fourth-order valence-electron chi connectivity index (χ4n) is 4.27. The molecule has 1 unspecified atom stereocenters. The Morgan fingerprint density at radius 2 is 1.97 bits per heavy atom. The van der Waals surface area contributed by atoms with Gasteiger partial charge in [-0.3, -0.25) is 9.98 Å². The summed E-state index contributed by atoms with van der Waals surface area (Å²) in [6.45, 7) is 6.93. The number of allylic oxidation sites excluding steroid dienone is 2. The fraction of sp³-hybridized carbons (Fsp3) is 0.385. The summed E-state index contributed by atoms with van der Waals surface area (Å²) in [7, 11) is 0. The number of fused-ring (bicyclic) bond motifs is 1. The van der Waals surface area contributed by atoms with Gasteiger partial charge < -0.3 is 4.98 Å². The molecule has 5 heteroatoms. The van der Waals surface area contributed by atoms with Crippen LogP contribution >= 0.6 is 11.6 Å². The minimum absolute atomic E-state index is 0.221. The Balaban J connectivity index is 1.60. The molecule has 0 fully saturated rings. The van der Waals surface area contributed by atoms with Crippen molar-refractivity contribution in [3.8, 4) is 11.3 Å². The van der Waals surface area contributed by atoms with Crippen molar-refractivity contribution in [3.05, 3.63) is 69.7 Å². The molecule has 1 aromatic heterocycles. The fourth-order valence-corrected chi connectivity index (χ4v) is 4.45. The molecule has 0 saturated heterocycles. The van der Waals surface area contributed by atoms with Gasteiger partial charge in [0.15, 0.2) is 0 Å². The van der Waals surface area contributed by atoms with Crippen LogP contribution in [0.4, 0.5) is 4.39 Å². The lowest BCUT2D eigenvalue weighted by Crippen LogP contribution is -2.19. The lowest BCUT2D eigenvalue weighted by molar-refractivity contribution is 0.628. The van der Waals surface area contributed by atoms with Crippen molar-refractivity contribution in [3.63, 3.8) is 0 Å². The van der Waals surface area contributed by atoms with E-state index in [1.165, 1.54) is 34.5 Å². The van der Waals surface area contributed by atoms with Crippen LogP contribution in [0, 0.1) is 5.82 Å². The first-order valence-electron chi connectivity index (χ1n) is 11.0. The smallest absolute Gasteiger partial charge is 0.123 e. The van der Waals surface area contributed by atoms with Gasteiger partial charge >= 0.3 is 0 Å². The highest BCUT2D eigenvalue weighted by Crippen LogP contribution is 2.27. The minimum Gasteiger partial charge on any atom is -0.358 e. The maximum Gasteiger partial charge on any atom is 0.123 e. The summed E-state index contributed by atoms with van der Waals surface area (Å²) >= 11 is 6.56. The average Bonchev–Trinajstić information content (AvgIpc) is 3.14. The number of hydrogen-bond donors (Lipinski definition) is 1. The van der Waals surface area contributed by atoms with Gasteiger partial charge in [-0.05, 0) is 87.1 Å². The van der Waals surface area contributed by atoms with E-state index < -0.39 is 0 Å². The Morgan fingerprint density at radius 1 is 1.19 bits per heavy atom. The highest BCUT2D eigenvalue weighted by Gasteiger charge is 2.19. The number of H-pyrrole nitrogens is 1. The highest BCUT2D eigenvalue weighted by molar-refractivity contribution is 6.44. The van der Waals surface area contributed by atoms with E-state index in [1.54, 1.807) is 0 Å². The molecule has 4 rings (SSSR count). The van der Waals surface area contributed by atoms with Crippen LogP contribution in [-0.2, 0) is 12.8 Å². The van der Waals surface area contributed by atoms with Crippen molar-refractivity contribution in [2.45, 2.75) is 58.9 Å². The number of hydrogen-bond acceptors (Lipinski definition) is 2. The summed E-state index contributed by atoms with van der Waals surface area (Å²) in [4.78, 5) is 13.3. The van der Waals surface area contributed by atoms with Crippen molar-refractivity contribution < 1.29 is 4.39 Å². The zero-order valence-corrected chi connectivity index (χ0v) is 19.2. The van der Waals surface area contributed by atoms with E-state index in [0.29, 0.717) is 12.6 Å². The molecule has 0 spiro atoms. The third-order valence-corrected chi connectivity index (χ3v) is 6.65. The highest BCUT2D eigenvalue weighted by atomic mass is 35.5. The summed E-state index contributed by atoms with van der Waals surface area (Å²) < 4.78 is 13.3. The molecule has 162 valence electrons. The molecule has 0 bridgehead atoms. The molecule has 1 N–H and O–H groups in total. The molecule has 1 aromatic carbocycles. The van der Waals surface area contributed by atoms with Crippen molar-refractivity contribution in [1.82, 2.24) is 4.98 Å². The average molecular weight is 438 g/mol. The van der Waals surface area contributed by atoms with Crippen LogP contribution in [0.3, 0.4) is 0 Å². The molecule has 3 nitrogen and oxygen atoms in total. The van der Waals surface area contributed by atoms with Crippen LogP contribution < -0.4 is 0 Å². The summed E-state index contributed by atoms with van der Waals surface area (Å²) in [6, 6.07) is 9.11. The van der Waals surface area contributed by atoms with Gasteiger partial charge in [-0.1, -0.05) is 29.7 Å². The number of rotatable bonds is 4. The largest absolute Gasteiger partial charge is 0.358 e. The van der Waals surface area contributed by atoms with Gasteiger partial charge in [-0.15, -0.1) is 0 Å². The normalized spacial score (nSPS) is 20.8. The van der Waals surface area contributed by atoms with Crippen molar-refractivity contribution in [2.75, 3.05) is 6.54 Å². The van der Waals surface area contributed by atoms with Gasteiger partial charge in [0.1, 0.15) is 5.82 Å². The van der Waals surface area contributed by atoms with E-state index in [2.05, 4.69) is 37.9 Å². The summed E-state index contributed by atoms with van der Waals surface area (Å²) in [5, 5.41) is 0.779. The molecule has 2 heterocycles. The number of nitrogens with one attached hydrogen (secondary N) is 1. The van der Waals surface area contributed by atoms with Crippen LogP contribution in [0.1, 0.15) is 51.3 Å². The quantitative estimate of drug-likeness (QED) is 0.544. The number of aryl methyl sites for hydroxylation is 1. The van der Waals surface area contributed by atoms with Crippen molar-refractivity contribution in [1.29, 1.82) is 0 Å². The maximum absolute atomic E-state index is 13.3. The van der Waals surface area contributed by atoms with E-state index in [4.69, 9.17) is 21.6 Å². The number of dihydropyridines is 1. The second-order valence-electron chi connectivity index (χ2n) is 8.61. The van der Waals surface area contributed by atoms with Gasteiger partial charge in [-0.2, -0.15) is 0 Å². The SMILES string of the molecule is CCC1CC(C)=C(Cl)C(CN=C2C=C(C)CCc3[nH]c(-c4ccc(F)cc4)cc3C2)=N1. The van der Waals surface area contributed by atoms with Gasteiger partial charge in [0.2, 0.25) is 0 Å². The topological polar surface area (TPSA) is 40.5 Å². The third kappa shape index (κ3) is 5.07. The Labute approximate surface area is 188 Å². The van der Waals surface area contributed by atoms with Gasteiger partial charge in [0, 0.05) is 23.5 Å². The third-order valence-electron chi connectivity index (χ3n) is 6.11. The van der Waals surface area contributed by atoms with E-state index in [0.717, 1.165) is 59.8 Å². The predicted molar refractivity (Wildman–Crippen MR) is 129 cm³/mol. The first-order valence-corrected chi connectivity index (χ1v) is 11.4. The second kappa shape index (κ2) is 9.35. The second-order valence-corrected chi connectivity index (χ2v) is 8.98. The zero-order chi connectivity index (χ0) is 22.0. The maximum atomic E-state index is 13.3. The Hall–Kier alpha value is -2.46. The monoisotopic (exact) mass is 437 g/mol. The molecule has 1 atom stereocenters. The number of halogens is 2. The van der Waals surface area contributed by atoms with Crippen LogP contribution in [0.2, 0.25) is 0 Å². The Morgan fingerprint density at radius 3 is 2.71 bits per heavy atom. The molecule has 1 aliphatic heterocycles. The van der Waals surface area contributed by atoms with E-state index in [1.807, 2.05) is 12.1 Å². The number of benzene rings is 1. The first kappa shape index (κ1) is 21.8. The van der Waals surface area contributed by atoms with Crippen molar-refractivity contribution in [2.24, 2.45) is 9.98 Å². The molecule has 2 aromatic rings. The van der Waals surface area contributed by atoms with Crippen LogP contribution in [0.25, 0.3) is 11.3 Å². The molecule has 31 heavy (non-hydrogen) atoms. The lowest BCUT2D eigenvalue weighted by Gasteiger charge is -2.20.